The number of aromatic nitrogens is 4. The molecule has 3 aromatic rings. The molecule has 1 aromatic carbocycles. The number of nitrogens with zero attached hydrogens (tertiary/aromatic N) is 3. The van der Waals surface area contributed by atoms with E-state index in [1.54, 1.807) is 0 Å². The highest BCUT2D eigenvalue weighted by Gasteiger charge is 2.29. The van der Waals surface area contributed by atoms with Gasteiger partial charge in [-0.05, 0) is 12.0 Å². The summed E-state index contributed by atoms with van der Waals surface area (Å²) >= 11 is 0. The summed E-state index contributed by atoms with van der Waals surface area (Å²) in [6, 6.07) is 9.13. The summed E-state index contributed by atoms with van der Waals surface area (Å²) in [5, 5.41) is 9.61. The lowest BCUT2D eigenvalue weighted by Gasteiger charge is -2.19. The number of anilines is 1. The standard InChI is InChI=1S/C22H27N5O7/c1-2-6-16(20(30)32-10-14-7-4-3-5-8-14)21(31)33-11-15(9-28)34-13-27-12-24-17-18(27)25-22(23)26-19(17)29/h3-5,7-8,12,15-16,28H,2,6,9-11,13H2,1H3,(H3,23,25,26,29). The lowest BCUT2D eigenvalue weighted by Crippen LogP contribution is -2.32. The molecule has 0 fully saturated rings. The van der Waals surface area contributed by atoms with Gasteiger partial charge >= 0.3 is 11.9 Å². The number of nitrogens with two attached hydrogens (primary N) is 1. The van der Waals surface area contributed by atoms with Gasteiger partial charge in [0.05, 0.1) is 12.9 Å². The Labute approximate surface area is 194 Å². The zero-order chi connectivity index (χ0) is 24.5. The van der Waals surface area contributed by atoms with E-state index in [1.807, 2.05) is 37.3 Å². The number of aliphatic hydroxyl groups excluding tert-OH is 1. The Morgan fingerprint density at radius 2 is 1.94 bits per heavy atom. The maximum Gasteiger partial charge on any atom is 0.320 e. The van der Waals surface area contributed by atoms with E-state index in [0.29, 0.717) is 6.42 Å². The first kappa shape index (κ1) is 24.9. The van der Waals surface area contributed by atoms with Crippen molar-refractivity contribution in [3.05, 3.63) is 52.6 Å². The largest absolute Gasteiger partial charge is 0.462 e. The van der Waals surface area contributed by atoms with Crippen molar-refractivity contribution in [2.24, 2.45) is 5.92 Å². The Hall–Kier alpha value is -3.77. The molecule has 2 aromatic heterocycles. The van der Waals surface area contributed by atoms with E-state index in [1.165, 1.54) is 10.9 Å². The molecule has 2 heterocycles. The first-order valence-corrected chi connectivity index (χ1v) is 10.7. The Morgan fingerprint density at radius 3 is 2.65 bits per heavy atom. The summed E-state index contributed by atoms with van der Waals surface area (Å²) < 4.78 is 17.5. The summed E-state index contributed by atoms with van der Waals surface area (Å²) in [5.74, 6) is -2.58. The second kappa shape index (κ2) is 11.9. The number of imidazole rings is 1. The van der Waals surface area contributed by atoms with E-state index in [4.69, 9.17) is 19.9 Å². The van der Waals surface area contributed by atoms with Crippen molar-refractivity contribution in [3.8, 4) is 0 Å². The van der Waals surface area contributed by atoms with Crippen LogP contribution in [0.4, 0.5) is 5.95 Å². The number of carbonyl (C=O) groups excluding carboxylic acids is 2. The molecule has 0 saturated carbocycles. The highest BCUT2D eigenvalue weighted by molar-refractivity contribution is 5.94. The number of fused-ring (bicyclic) bond motifs is 1. The third-order valence-corrected chi connectivity index (χ3v) is 4.93. The molecule has 0 bridgehead atoms. The van der Waals surface area contributed by atoms with Crippen LogP contribution in [-0.2, 0) is 37.1 Å². The van der Waals surface area contributed by atoms with Crippen LogP contribution in [0.5, 0.6) is 0 Å². The fourth-order valence-corrected chi connectivity index (χ4v) is 3.13. The van der Waals surface area contributed by atoms with Gasteiger partial charge in [0.1, 0.15) is 26.0 Å². The minimum atomic E-state index is -1.08. The minimum absolute atomic E-state index is 0.0514. The third-order valence-electron chi connectivity index (χ3n) is 4.93. The number of carbonyl (C=O) groups is 2. The van der Waals surface area contributed by atoms with E-state index < -0.39 is 36.1 Å². The van der Waals surface area contributed by atoms with Crippen LogP contribution in [0.2, 0.25) is 0 Å². The SMILES string of the molecule is CCCC(C(=O)OCc1ccccc1)C(=O)OCC(CO)OCn1cnc2c(=O)[nH]c(N)nc21. The maximum atomic E-state index is 12.6. The van der Waals surface area contributed by atoms with Crippen molar-refractivity contribution in [1.82, 2.24) is 19.5 Å². The summed E-state index contributed by atoms with van der Waals surface area (Å²) in [5.41, 5.74) is 6.17. The van der Waals surface area contributed by atoms with E-state index in [2.05, 4.69) is 15.0 Å². The Balaban J connectivity index is 1.54. The van der Waals surface area contributed by atoms with Crippen molar-refractivity contribution >= 4 is 29.1 Å². The third kappa shape index (κ3) is 6.39. The Morgan fingerprint density at radius 1 is 1.21 bits per heavy atom. The first-order valence-electron chi connectivity index (χ1n) is 10.7. The lowest BCUT2D eigenvalue weighted by atomic mass is 10.0. The molecule has 0 amide bonds. The molecule has 0 spiro atoms. The second-order valence-corrected chi connectivity index (χ2v) is 7.50. The topological polar surface area (TPSA) is 172 Å². The zero-order valence-electron chi connectivity index (χ0n) is 18.7. The van der Waals surface area contributed by atoms with Crippen LogP contribution in [0, 0.1) is 5.92 Å². The summed E-state index contributed by atoms with van der Waals surface area (Å²) in [6.45, 7) is 1.02. The lowest BCUT2D eigenvalue weighted by molar-refractivity contribution is -0.166. The number of aliphatic hydroxyl groups is 1. The van der Waals surface area contributed by atoms with E-state index in [-0.39, 0.29) is 43.5 Å². The zero-order valence-corrected chi connectivity index (χ0v) is 18.7. The highest BCUT2D eigenvalue weighted by Crippen LogP contribution is 2.14. The van der Waals surface area contributed by atoms with E-state index >= 15 is 0 Å². The van der Waals surface area contributed by atoms with Gasteiger partial charge < -0.3 is 25.1 Å². The molecule has 0 aliphatic carbocycles. The van der Waals surface area contributed by atoms with Crippen molar-refractivity contribution in [1.29, 1.82) is 0 Å². The van der Waals surface area contributed by atoms with Gasteiger partial charge in [0.15, 0.2) is 17.1 Å². The molecule has 0 aliphatic rings. The van der Waals surface area contributed by atoms with Crippen molar-refractivity contribution < 1.29 is 28.9 Å². The summed E-state index contributed by atoms with van der Waals surface area (Å²) in [6.07, 6.45) is 1.29. The molecule has 0 saturated heterocycles. The van der Waals surface area contributed by atoms with Gasteiger partial charge in [0, 0.05) is 0 Å². The highest BCUT2D eigenvalue weighted by atomic mass is 16.6. The molecule has 2 atom stereocenters. The Kier molecular flexibility index (Phi) is 8.71. The van der Waals surface area contributed by atoms with Gasteiger partial charge in [-0.3, -0.25) is 23.9 Å². The number of hydrogen-bond donors (Lipinski definition) is 3. The van der Waals surface area contributed by atoms with Gasteiger partial charge in [0.25, 0.3) is 5.56 Å². The van der Waals surface area contributed by atoms with Gasteiger partial charge in [-0.1, -0.05) is 43.7 Å². The number of nitrogens with one attached hydrogen (secondary N) is 1. The number of benzene rings is 1. The average Bonchev–Trinajstić information content (AvgIpc) is 3.24. The first-order chi connectivity index (χ1) is 16.4. The number of rotatable bonds is 12. The number of esters is 2. The number of H-pyrrole nitrogens is 1. The number of nitrogen functional groups attached to an aromatic ring is 1. The van der Waals surface area contributed by atoms with Crippen LogP contribution < -0.4 is 11.3 Å². The molecule has 12 heteroatoms. The number of ether oxygens (including phenoxy) is 3. The molecular formula is C22H27N5O7. The molecule has 2 unspecified atom stereocenters. The maximum absolute atomic E-state index is 12.6. The molecule has 3 rings (SSSR count). The van der Waals surface area contributed by atoms with Crippen molar-refractivity contribution in [2.45, 2.75) is 39.2 Å². The summed E-state index contributed by atoms with van der Waals surface area (Å²) in [7, 11) is 0. The molecule has 0 aliphatic heterocycles. The smallest absolute Gasteiger partial charge is 0.320 e. The summed E-state index contributed by atoms with van der Waals surface area (Å²) in [4.78, 5) is 47.2. The van der Waals surface area contributed by atoms with Gasteiger partial charge in [-0.15, -0.1) is 0 Å². The number of hydrogen-bond acceptors (Lipinski definition) is 10. The van der Waals surface area contributed by atoms with Crippen molar-refractivity contribution in [2.75, 3.05) is 18.9 Å². The van der Waals surface area contributed by atoms with E-state index in [9.17, 15) is 19.5 Å². The predicted molar refractivity (Wildman–Crippen MR) is 120 cm³/mol. The fraction of sp³-hybridized carbons (Fsp3) is 0.409. The van der Waals surface area contributed by atoms with Crippen LogP contribution in [0.3, 0.4) is 0 Å². The average molecular weight is 473 g/mol. The number of aromatic amines is 1. The molecule has 12 nitrogen and oxygen atoms in total. The second-order valence-electron chi connectivity index (χ2n) is 7.50. The monoisotopic (exact) mass is 473 g/mol. The quantitative estimate of drug-likeness (QED) is 0.252. The normalized spacial score (nSPS) is 12.9. The van der Waals surface area contributed by atoms with Gasteiger partial charge in [-0.2, -0.15) is 4.98 Å². The molecule has 0 radical (unpaired) electrons. The van der Waals surface area contributed by atoms with Crippen LogP contribution in [0.25, 0.3) is 11.2 Å². The van der Waals surface area contributed by atoms with Crippen LogP contribution >= 0.6 is 0 Å². The fourth-order valence-electron chi connectivity index (χ4n) is 3.13. The van der Waals surface area contributed by atoms with Crippen LogP contribution in [-0.4, -0.2) is 55.9 Å². The molecule has 34 heavy (non-hydrogen) atoms. The van der Waals surface area contributed by atoms with Gasteiger partial charge in [-0.25, -0.2) is 4.98 Å². The molecule has 182 valence electrons. The Bertz CT molecular complexity index is 1160. The van der Waals surface area contributed by atoms with Gasteiger partial charge in [0.2, 0.25) is 5.95 Å². The molecule has 4 N–H and O–H groups in total. The minimum Gasteiger partial charge on any atom is -0.462 e. The predicted octanol–water partition coefficient (Wildman–Crippen LogP) is 0.740. The van der Waals surface area contributed by atoms with Crippen LogP contribution in [0.15, 0.2) is 41.5 Å². The molecular weight excluding hydrogens is 446 g/mol. The van der Waals surface area contributed by atoms with Crippen LogP contribution in [0.1, 0.15) is 25.3 Å². The van der Waals surface area contributed by atoms with Crippen molar-refractivity contribution in [3.63, 3.8) is 0 Å². The van der Waals surface area contributed by atoms with E-state index in [0.717, 1.165) is 5.56 Å².